The molecular weight excluding hydrogens is 295 g/mol. The van der Waals surface area contributed by atoms with Gasteiger partial charge in [0.25, 0.3) is 0 Å². The number of alkyl halides is 3. The molecule has 0 aromatic rings. The number of ether oxygens (including phenoxy) is 1. The van der Waals surface area contributed by atoms with Crippen LogP contribution in [-0.4, -0.2) is 66.0 Å². The van der Waals surface area contributed by atoms with Crippen LogP contribution in [0, 0.1) is 5.41 Å². The molecule has 1 heterocycles. The minimum Gasteiger partial charge on any atom is -0.409 e. The molecule has 4 N–H and O–H groups in total. The van der Waals surface area contributed by atoms with Crippen LogP contribution in [0.1, 0.15) is 12.8 Å². The fourth-order valence-electron chi connectivity index (χ4n) is 2.29. The molecule has 1 rings (SSSR count). The maximum absolute atomic E-state index is 12.6. The summed E-state index contributed by atoms with van der Waals surface area (Å²) in [6, 6.07) is 0. The number of hydrogen-bond donors (Lipinski definition) is 3. The van der Waals surface area contributed by atoms with Gasteiger partial charge in [0.15, 0.2) is 5.84 Å². The zero-order chi connectivity index (χ0) is 16.1. The molecule has 1 aliphatic rings. The molecule has 10 heteroatoms. The lowest BCUT2D eigenvalue weighted by atomic mass is 9.77. The van der Waals surface area contributed by atoms with Crippen molar-refractivity contribution in [3.05, 3.63) is 0 Å². The predicted molar refractivity (Wildman–Crippen MR) is 65.6 cm³/mol. The highest BCUT2D eigenvalue weighted by atomic mass is 19.4. The zero-order valence-corrected chi connectivity index (χ0v) is 11.3. The van der Waals surface area contributed by atoms with Gasteiger partial charge in [0, 0.05) is 19.8 Å². The van der Waals surface area contributed by atoms with E-state index in [1.807, 2.05) is 0 Å². The molecule has 0 aliphatic carbocycles. The van der Waals surface area contributed by atoms with Crippen molar-refractivity contribution in [1.29, 1.82) is 0 Å². The van der Waals surface area contributed by atoms with Gasteiger partial charge in [0.1, 0.15) is 12.0 Å². The highest BCUT2D eigenvalue weighted by Crippen LogP contribution is 2.34. The summed E-state index contributed by atoms with van der Waals surface area (Å²) in [6.45, 7) is -2.39. The molecule has 0 aromatic heterocycles. The number of aliphatic hydroxyl groups excluding tert-OH is 1. The van der Waals surface area contributed by atoms with E-state index in [1.54, 1.807) is 0 Å². The number of halogens is 3. The third kappa shape index (κ3) is 4.21. The number of hydrogen-bond acceptors (Lipinski definition) is 5. The predicted octanol–water partition coefficient (Wildman–Crippen LogP) is -0.0872. The SMILES string of the molecule is NC(=NO)C1(C(=O)N(CCO)CC(F)(F)F)CCOCC1. The van der Waals surface area contributed by atoms with Crippen molar-refractivity contribution in [1.82, 2.24) is 4.90 Å². The Balaban J connectivity index is 3.06. The first-order valence-corrected chi connectivity index (χ1v) is 6.29. The summed E-state index contributed by atoms with van der Waals surface area (Å²) < 4.78 is 42.7. The lowest BCUT2D eigenvalue weighted by Gasteiger charge is -2.38. The van der Waals surface area contributed by atoms with Crippen LogP contribution in [0.3, 0.4) is 0 Å². The average molecular weight is 313 g/mol. The van der Waals surface area contributed by atoms with Gasteiger partial charge in [-0.2, -0.15) is 13.2 Å². The standard InChI is InChI=1S/C11H18F3N3O4/c12-11(13,14)7-17(3-4-18)9(19)10(8(15)16-20)1-5-21-6-2-10/h18,20H,1-7H2,(H2,15,16). The molecule has 0 saturated carbocycles. The van der Waals surface area contributed by atoms with Gasteiger partial charge in [-0.15, -0.1) is 0 Å². The van der Waals surface area contributed by atoms with E-state index in [0.717, 1.165) is 0 Å². The van der Waals surface area contributed by atoms with Gasteiger partial charge in [0.2, 0.25) is 5.91 Å². The summed E-state index contributed by atoms with van der Waals surface area (Å²) >= 11 is 0. The maximum Gasteiger partial charge on any atom is 0.406 e. The first-order valence-electron chi connectivity index (χ1n) is 6.29. The van der Waals surface area contributed by atoms with Crippen molar-refractivity contribution in [2.75, 3.05) is 32.9 Å². The highest BCUT2D eigenvalue weighted by Gasteiger charge is 2.48. The van der Waals surface area contributed by atoms with Crippen LogP contribution >= 0.6 is 0 Å². The minimum atomic E-state index is -4.61. The quantitative estimate of drug-likeness (QED) is 0.284. The molecule has 122 valence electrons. The topological polar surface area (TPSA) is 108 Å². The Kier molecular flexibility index (Phi) is 5.78. The van der Waals surface area contributed by atoms with Gasteiger partial charge < -0.3 is 25.7 Å². The summed E-state index contributed by atoms with van der Waals surface area (Å²) in [4.78, 5) is 13.0. The van der Waals surface area contributed by atoms with Crippen molar-refractivity contribution in [2.24, 2.45) is 16.3 Å². The van der Waals surface area contributed by atoms with E-state index in [0.29, 0.717) is 4.90 Å². The molecule has 0 spiro atoms. The summed E-state index contributed by atoms with van der Waals surface area (Å²) in [5.41, 5.74) is 4.00. The Morgan fingerprint density at radius 3 is 2.38 bits per heavy atom. The van der Waals surface area contributed by atoms with Crippen LogP contribution in [0.4, 0.5) is 13.2 Å². The first kappa shape index (κ1) is 17.5. The lowest BCUT2D eigenvalue weighted by Crippen LogP contribution is -2.56. The number of amides is 1. The largest absolute Gasteiger partial charge is 0.409 e. The first-order chi connectivity index (χ1) is 9.77. The van der Waals surface area contributed by atoms with Crippen molar-refractivity contribution >= 4 is 11.7 Å². The highest BCUT2D eigenvalue weighted by molar-refractivity contribution is 6.06. The lowest BCUT2D eigenvalue weighted by molar-refractivity contribution is -0.168. The van der Waals surface area contributed by atoms with Crippen LogP contribution in [0.2, 0.25) is 0 Å². The number of aliphatic hydroxyl groups is 1. The van der Waals surface area contributed by atoms with Crippen LogP contribution in [0.25, 0.3) is 0 Å². The molecule has 21 heavy (non-hydrogen) atoms. The van der Waals surface area contributed by atoms with Crippen molar-refractivity contribution in [3.8, 4) is 0 Å². The number of carbonyl (C=O) groups is 1. The Bertz CT molecular complexity index is 395. The van der Waals surface area contributed by atoms with Crippen LogP contribution in [-0.2, 0) is 9.53 Å². The van der Waals surface area contributed by atoms with Crippen molar-refractivity contribution < 1.29 is 33.0 Å². The molecule has 0 aromatic carbocycles. The molecule has 1 fully saturated rings. The van der Waals surface area contributed by atoms with Gasteiger partial charge in [-0.1, -0.05) is 5.16 Å². The molecule has 7 nitrogen and oxygen atoms in total. The second kappa shape index (κ2) is 6.94. The number of oxime groups is 1. The third-order valence-corrected chi connectivity index (χ3v) is 3.38. The van der Waals surface area contributed by atoms with Gasteiger partial charge in [-0.25, -0.2) is 0 Å². The van der Waals surface area contributed by atoms with E-state index in [-0.39, 0.29) is 26.1 Å². The van der Waals surface area contributed by atoms with Gasteiger partial charge in [-0.3, -0.25) is 4.79 Å². The number of rotatable bonds is 5. The smallest absolute Gasteiger partial charge is 0.406 e. The molecule has 1 saturated heterocycles. The second-order valence-corrected chi connectivity index (χ2v) is 4.75. The minimum absolute atomic E-state index is 0.0154. The molecular formula is C11H18F3N3O4. The number of nitrogens with two attached hydrogens (primary N) is 1. The summed E-state index contributed by atoms with van der Waals surface area (Å²) in [7, 11) is 0. The third-order valence-electron chi connectivity index (χ3n) is 3.38. The molecule has 0 bridgehead atoms. The number of carbonyl (C=O) groups excluding carboxylic acids is 1. The Morgan fingerprint density at radius 1 is 1.38 bits per heavy atom. The van der Waals surface area contributed by atoms with E-state index in [2.05, 4.69) is 5.16 Å². The van der Waals surface area contributed by atoms with Crippen LogP contribution < -0.4 is 5.73 Å². The van der Waals surface area contributed by atoms with Crippen LogP contribution in [0.5, 0.6) is 0 Å². The normalized spacial score (nSPS) is 19.3. The van der Waals surface area contributed by atoms with E-state index >= 15 is 0 Å². The average Bonchev–Trinajstić information content (AvgIpc) is 2.44. The van der Waals surface area contributed by atoms with Crippen molar-refractivity contribution in [3.63, 3.8) is 0 Å². The molecule has 0 atom stereocenters. The van der Waals surface area contributed by atoms with Crippen molar-refractivity contribution in [2.45, 2.75) is 19.0 Å². The van der Waals surface area contributed by atoms with Crippen LogP contribution in [0.15, 0.2) is 5.16 Å². The second-order valence-electron chi connectivity index (χ2n) is 4.75. The fraction of sp³-hybridized carbons (Fsp3) is 0.818. The van der Waals surface area contributed by atoms with Gasteiger partial charge in [0.05, 0.1) is 6.61 Å². The molecule has 1 aliphatic heterocycles. The Morgan fingerprint density at radius 2 is 1.95 bits per heavy atom. The summed E-state index contributed by atoms with van der Waals surface area (Å²) in [5.74, 6) is -1.37. The van der Waals surface area contributed by atoms with E-state index in [1.165, 1.54) is 0 Å². The Labute approximate surface area is 119 Å². The van der Waals surface area contributed by atoms with Gasteiger partial charge in [-0.05, 0) is 12.8 Å². The van der Waals surface area contributed by atoms with Gasteiger partial charge >= 0.3 is 6.18 Å². The number of nitrogens with zero attached hydrogens (tertiary/aromatic N) is 2. The molecule has 1 amide bonds. The van der Waals surface area contributed by atoms with E-state index < -0.39 is 43.0 Å². The van der Waals surface area contributed by atoms with E-state index in [4.69, 9.17) is 20.8 Å². The maximum atomic E-state index is 12.6. The fourth-order valence-corrected chi connectivity index (χ4v) is 2.29. The Hall–Kier alpha value is -1.55. The summed E-state index contributed by atoms with van der Waals surface area (Å²) in [5, 5.41) is 20.5. The number of amidine groups is 1. The molecule has 0 radical (unpaired) electrons. The van der Waals surface area contributed by atoms with E-state index in [9.17, 15) is 18.0 Å². The molecule has 0 unspecified atom stereocenters. The zero-order valence-electron chi connectivity index (χ0n) is 11.3. The monoisotopic (exact) mass is 313 g/mol. The summed E-state index contributed by atoms with van der Waals surface area (Å²) in [6.07, 6.45) is -4.58.